The lowest BCUT2D eigenvalue weighted by atomic mass is 10.2. The van der Waals surface area contributed by atoms with E-state index in [4.69, 9.17) is 0 Å². The van der Waals surface area contributed by atoms with Crippen LogP contribution >= 0.6 is 11.8 Å². The first-order chi connectivity index (χ1) is 9.19. The van der Waals surface area contributed by atoms with Crippen molar-refractivity contribution in [2.45, 2.75) is 24.8 Å². The van der Waals surface area contributed by atoms with Gasteiger partial charge in [0, 0.05) is 23.9 Å². The zero-order chi connectivity index (χ0) is 13.7. The predicted molar refractivity (Wildman–Crippen MR) is 81.5 cm³/mol. The Kier molecular flexibility index (Phi) is 5.05. The molecule has 0 fully saturated rings. The minimum Gasteiger partial charge on any atom is -0.308 e. The van der Waals surface area contributed by atoms with Crippen molar-refractivity contribution >= 4 is 11.8 Å². The summed E-state index contributed by atoms with van der Waals surface area (Å²) in [6.45, 7) is 5.22. The molecule has 102 valence electrons. The van der Waals surface area contributed by atoms with Crippen LogP contribution in [-0.2, 0) is 7.05 Å². The van der Waals surface area contributed by atoms with Gasteiger partial charge in [0.15, 0.2) is 0 Å². The summed E-state index contributed by atoms with van der Waals surface area (Å²) < 4.78 is 1.86. The van der Waals surface area contributed by atoms with E-state index in [1.54, 1.807) is 0 Å². The molecule has 19 heavy (non-hydrogen) atoms. The highest BCUT2D eigenvalue weighted by molar-refractivity contribution is 7.99. The molecule has 0 bridgehead atoms. The smallest absolute Gasteiger partial charge is 0.0802 e. The number of thioether (sulfide) groups is 1. The van der Waals surface area contributed by atoms with Crippen molar-refractivity contribution in [1.29, 1.82) is 0 Å². The fourth-order valence-electron chi connectivity index (χ4n) is 2.00. The fourth-order valence-corrected chi connectivity index (χ4v) is 3.09. The molecule has 4 heteroatoms. The molecule has 0 spiro atoms. The van der Waals surface area contributed by atoms with E-state index in [1.165, 1.54) is 10.5 Å². The third-order valence-corrected chi connectivity index (χ3v) is 4.04. The quantitative estimate of drug-likeness (QED) is 0.821. The summed E-state index contributed by atoms with van der Waals surface area (Å²) in [5, 5.41) is 8.00. The molecule has 3 nitrogen and oxygen atoms in total. The zero-order valence-corrected chi connectivity index (χ0v) is 12.6. The van der Waals surface area contributed by atoms with E-state index in [9.17, 15) is 0 Å². The highest BCUT2D eigenvalue weighted by atomic mass is 32.2. The topological polar surface area (TPSA) is 29.9 Å². The number of aromatic nitrogens is 2. The van der Waals surface area contributed by atoms with Crippen LogP contribution in [0.1, 0.15) is 24.2 Å². The minimum atomic E-state index is 0.303. The highest BCUT2D eigenvalue weighted by Gasteiger charge is 2.13. The van der Waals surface area contributed by atoms with Crippen molar-refractivity contribution in [2.75, 3.05) is 12.3 Å². The maximum absolute atomic E-state index is 4.50. The average molecular weight is 275 g/mol. The summed E-state index contributed by atoms with van der Waals surface area (Å²) >= 11 is 1.87. The maximum atomic E-state index is 4.50. The van der Waals surface area contributed by atoms with E-state index in [0.717, 1.165) is 18.0 Å². The number of nitrogens with zero attached hydrogens (tertiary/aromatic N) is 2. The van der Waals surface area contributed by atoms with Gasteiger partial charge in [-0.3, -0.25) is 4.68 Å². The van der Waals surface area contributed by atoms with E-state index in [1.807, 2.05) is 29.7 Å². The van der Waals surface area contributed by atoms with Crippen molar-refractivity contribution < 1.29 is 0 Å². The standard InChI is InChI=1S/C15H21N3S/c1-4-16-15(14-8-9-18(3)17-14)11-19-13-7-5-6-12(2)10-13/h5-10,15-16H,4,11H2,1-3H3. The predicted octanol–water partition coefficient (Wildman–Crippen LogP) is 3.17. The van der Waals surface area contributed by atoms with Crippen molar-refractivity contribution in [3.8, 4) is 0 Å². The molecule has 1 atom stereocenters. The van der Waals surface area contributed by atoms with Gasteiger partial charge in [-0.15, -0.1) is 11.8 Å². The molecule has 0 aliphatic heterocycles. The largest absolute Gasteiger partial charge is 0.308 e. The van der Waals surface area contributed by atoms with Crippen LogP contribution in [0.25, 0.3) is 0 Å². The summed E-state index contributed by atoms with van der Waals surface area (Å²) in [5.74, 6) is 0.994. The van der Waals surface area contributed by atoms with Gasteiger partial charge in [-0.2, -0.15) is 5.10 Å². The summed E-state index contributed by atoms with van der Waals surface area (Å²) in [6.07, 6.45) is 2.00. The van der Waals surface area contributed by atoms with Crippen molar-refractivity contribution in [3.63, 3.8) is 0 Å². The molecule has 1 N–H and O–H groups in total. The Hall–Kier alpha value is -1.26. The van der Waals surface area contributed by atoms with Gasteiger partial charge in [-0.05, 0) is 31.7 Å². The highest BCUT2D eigenvalue weighted by Crippen LogP contribution is 2.24. The Morgan fingerprint density at radius 1 is 1.37 bits per heavy atom. The Bertz CT molecular complexity index is 522. The first-order valence-corrected chi connectivity index (χ1v) is 7.60. The molecule has 2 rings (SSSR count). The average Bonchev–Trinajstić information content (AvgIpc) is 2.81. The van der Waals surface area contributed by atoms with Crippen LogP contribution < -0.4 is 5.32 Å². The van der Waals surface area contributed by atoms with E-state index in [-0.39, 0.29) is 0 Å². The summed E-state index contributed by atoms with van der Waals surface area (Å²) in [7, 11) is 1.96. The molecule has 1 unspecified atom stereocenters. The molecule has 0 aliphatic rings. The second kappa shape index (κ2) is 6.78. The second-order valence-corrected chi connectivity index (χ2v) is 5.75. The van der Waals surface area contributed by atoms with Gasteiger partial charge in [-0.25, -0.2) is 0 Å². The Morgan fingerprint density at radius 3 is 2.84 bits per heavy atom. The van der Waals surface area contributed by atoms with Crippen molar-refractivity contribution in [1.82, 2.24) is 15.1 Å². The molecular formula is C15H21N3S. The number of hydrogen-bond donors (Lipinski definition) is 1. The Balaban J connectivity index is 2.01. The Morgan fingerprint density at radius 2 is 2.21 bits per heavy atom. The normalized spacial score (nSPS) is 12.6. The maximum Gasteiger partial charge on any atom is 0.0802 e. The van der Waals surface area contributed by atoms with Crippen LogP contribution in [-0.4, -0.2) is 22.1 Å². The molecule has 0 aliphatic carbocycles. The van der Waals surface area contributed by atoms with Gasteiger partial charge in [0.2, 0.25) is 0 Å². The molecule has 1 aromatic heterocycles. The number of benzene rings is 1. The van der Waals surface area contributed by atoms with E-state index in [2.05, 4.69) is 54.6 Å². The minimum absolute atomic E-state index is 0.303. The van der Waals surface area contributed by atoms with Crippen molar-refractivity contribution in [3.05, 3.63) is 47.8 Å². The number of aryl methyl sites for hydroxylation is 2. The molecular weight excluding hydrogens is 254 g/mol. The summed E-state index contributed by atoms with van der Waals surface area (Å²) in [4.78, 5) is 1.32. The summed E-state index contributed by atoms with van der Waals surface area (Å²) in [6, 6.07) is 11.0. The molecule has 0 saturated carbocycles. The van der Waals surface area contributed by atoms with Crippen LogP contribution in [0.2, 0.25) is 0 Å². The first kappa shape index (κ1) is 14.2. The number of nitrogens with one attached hydrogen (secondary N) is 1. The molecule has 0 amide bonds. The number of rotatable bonds is 6. The second-order valence-electron chi connectivity index (χ2n) is 4.65. The van der Waals surface area contributed by atoms with Crippen LogP contribution in [0.5, 0.6) is 0 Å². The molecule has 1 heterocycles. The summed E-state index contributed by atoms with van der Waals surface area (Å²) in [5.41, 5.74) is 2.42. The van der Waals surface area contributed by atoms with Gasteiger partial charge >= 0.3 is 0 Å². The van der Waals surface area contributed by atoms with Crippen LogP contribution in [0.3, 0.4) is 0 Å². The SMILES string of the molecule is CCNC(CSc1cccc(C)c1)c1ccn(C)n1. The van der Waals surface area contributed by atoms with E-state index < -0.39 is 0 Å². The molecule has 0 radical (unpaired) electrons. The van der Waals surface area contributed by atoms with Gasteiger partial charge in [0.1, 0.15) is 0 Å². The third-order valence-electron chi connectivity index (χ3n) is 2.95. The molecule has 0 saturated heterocycles. The third kappa shape index (κ3) is 4.11. The van der Waals surface area contributed by atoms with Crippen LogP contribution in [0, 0.1) is 6.92 Å². The molecule has 1 aromatic carbocycles. The lowest BCUT2D eigenvalue weighted by Crippen LogP contribution is -2.23. The van der Waals surface area contributed by atoms with Crippen LogP contribution in [0.4, 0.5) is 0 Å². The van der Waals surface area contributed by atoms with Crippen LogP contribution in [0.15, 0.2) is 41.4 Å². The monoisotopic (exact) mass is 275 g/mol. The van der Waals surface area contributed by atoms with Gasteiger partial charge < -0.3 is 5.32 Å². The van der Waals surface area contributed by atoms with Crippen molar-refractivity contribution in [2.24, 2.45) is 7.05 Å². The van der Waals surface area contributed by atoms with Gasteiger partial charge in [-0.1, -0.05) is 24.6 Å². The van der Waals surface area contributed by atoms with E-state index >= 15 is 0 Å². The van der Waals surface area contributed by atoms with Gasteiger partial charge in [0.25, 0.3) is 0 Å². The molecule has 2 aromatic rings. The lowest BCUT2D eigenvalue weighted by Gasteiger charge is -2.15. The first-order valence-electron chi connectivity index (χ1n) is 6.61. The van der Waals surface area contributed by atoms with Gasteiger partial charge in [0.05, 0.1) is 11.7 Å². The van der Waals surface area contributed by atoms with E-state index in [0.29, 0.717) is 6.04 Å². The number of hydrogen-bond acceptors (Lipinski definition) is 3. The zero-order valence-electron chi connectivity index (χ0n) is 11.8. The lowest BCUT2D eigenvalue weighted by molar-refractivity contribution is 0.578. The Labute approximate surface area is 119 Å². The fraction of sp³-hybridized carbons (Fsp3) is 0.400.